The lowest BCUT2D eigenvalue weighted by Gasteiger charge is -2.14. The molecular weight excluding hydrogens is 488 g/mol. The van der Waals surface area contributed by atoms with Crippen LogP contribution < -0.4 is 10.1 Å². The summed E-state index contributed by atoms with van der Waals surface area (Å²) in [5, 5.41) is 13.5. The van der Waals surface area contributed by atoms with Crippen LogP contribution in [0.25, 0.3) is 21.3 Å². The Morgan fingerprint density at radius 2 is 1.92 bits per heavy atom. The van der Waals surface area contributed by atoms with Gasteiger partial charge in [-0.2, -0.15) is 0 Å². The van der Waals surface area contributed by atoms with Gasteiger partial charge in [0, 0.05) is 23.9 Å². The molecule has 2 aliphatic rings. The van der Waals surface area contributed by atoms with Gasteiger partial charge in [0.05, 0.1) is 29.5 Å². The van der Waals surface area contributed by atoms with E-state index in [-0.39, 0.29) is 30.0 Å². The molecule has 0 saturated heterocycles. The Hall–Kier alpha value is -3.40. The number of methoxy groups -OCH3 is 1. The molecule has 2 heterocycles. The van der Waals surface area contributed by atoms with Crippen molar-refractivity contribution in [1.29, 1.82) is 0 Å². The van der Waals surface area contributed by atoms with Gasteiger partial charge in [0.2, 0.25) is 5.91 Å². The minimum atomic E-state index is -0.390. The summed E-state index contributed by atoms with van der Waals surface area (Å²) < 4.78 is 12.0. The molecule has 4 aromatic rings. The average molecular weight is 517 g/mol. The molecule has 0 spiro atoms. The summed E-state index contributed by atoms with van der Waals surface area (Å²) in [6.07, 6.45) is 6.56. The molecule has 8 nitrogen and oxygen atoms in total. The number of carbonyl (C=O) groups is 1. The Morgan fingerprint density at radius 1 is 1.11 bits per heavy atom. The van der Waals surface area contributed by atoms with Gasteiger partial charge in [-0.25, -0.2) is 15.0 Å². The second kappa shape index (κ2) is 10.2. The van der Waals surface area contributed by atoms with Crippen LogP contribution in [0.2, 0.25) is 0 Å². The molecule has 2 aromatic heterocycles. The predicted molar refractivity (Wildman–Crippen MR) is 142 cm³/mol. The van der Waals surface area contributed by atoms with Gasteiger partial charge in [-0.1, -0.05) is 29.5 Å². The van der Waals surface area contributed by atoms with Crippen molar-refractivity contribution in [2.75, 3.05) is 12.4 Å². The lowest BCUT2D eigenvalue weighted by atomic mass is 10.1. The maximum atomic E-state index is 12.8. The maximum Gasteiger partial charge on any atom is 0.229 e. The molecule has 0 radical (unpaired) electrons. The topological polar surface area (TPSA) is 106 Å². The number of rotatable bonds is 8. The highest BCUT2D eigenvalue weighted by atomic mass is 32.1. The normalized spacial score (nSPS) is 22.8. The number of aromatic nitrogens is 3. The summed E-state index contributed by atoms with van der Waals surface area (Å²) in [5.41, 5.74) is 3.87. The van der Waals surface area contributed by atoms with Gasteiger partial charge >= 0.3 is 0 Å². The highest BCUT2D eigenvalue weighted by Gasteiger charge is 2.44. The minimum absolute atomic E-state index is 0.0106. The van der Waals surface area contributed by atoms with Crippen molar-refractivity contribution in [1.82, 2.24) is 15.0 Å². The van der Waals surface area contributed by atoms with Crippen molar-refractivity contribution >= 4 is 32.6 Å². The molecule has 4 atom stereocenters. The van der Waals surface area contributed by atoms with Gasteiger partial charge in [0.1, 0.15) is 12.4 Å². The molecule has 9 heteroatoms. The van der Waals surface area contributed by atoms with Gasteiger partial charge in [-0.3, -0.25) is 4.79 Å². The van der Waals surface area contributed by atoms with Crippen LogP contribution in [0, 0.1) is 5.92 Å². The van der Waals surface area contributed by atoms with Gasteiger partial charge in [-0.05, 0) is 67.0 Å². The summed E-state index contributed by atoms with van der Waals surface area (Å²) in [5.74, 6) is 1.63. The highest BCUT2D eigenvalue weighted by Crippen LogP contribution is 2.48. The Balaban J connectivity index is 1.08. The fourth-order valence-electron chi connectivity index (χ4n) is 4.92. The molecule has 2 fully saturated rings. The second-order valence-corrected chi connectivity index (χ2v) is 10.7. The van der Waals surface area contributed by atoms with E-state index in [1.807, 2.05) is 42.5 Å². The van der Waals surface area contributed by atoms with Crippen molar-refractivity contribution in [3.63, 3.8) is 0 Å². The number of ether oxygens (including phenoxy) is 2. The van der Waals surface area contributed by atoms with E-state index in [1.54, 1.807) is 19.5 Å². The third-order valence-electron chi connectivity index (χ3n) is 7.17. The summed E-state index contributed by atoms with van der Waals surface area (Å²) in [4.78, 5) is 26.3. The first kappa shape index (κ1) is 24.0. The summed E-state index contributed by atoms with van der Waals surface area (Å²) in [6.45, 7) is 0.291. The number of aliphatic hydroxyl groups excluding tert-OH is 1. The van der Waals surface area contributed by atoms with E-state index in [9.17, 15) is 9.90 Å². The van der Waals surface area contributed by atoms with E-state index < -0.39 is 0 Å². The van der Waals surface area contributed by atoms with Gasteiger partial charge in [0.15, 0.2) is 11.0 Å². The van der Waals surface area contributed by atoms with Crippen molar-refractivity contribution in [2.45, 2.75) is 50.4 Å². The lowest BCUT2D eigenvalue weighted by molar-refractivity contribution is -0.117. The fourth-order valence-corrected chi connectivity index (χ4v) is 5.83. The Kier molecular flexibility index (Phi) is 6.58. The number of hydrogen-bond donors (Lipinski definition) is 2. The molecule has 6 rings (SSSR count). The number of benzene rings is 2. The van der Waals surface area contributed by atoms with E-state index in [0.717, 1.165) is 58.3 Å². The largest absolute Gasteiger partial charge is 0.497 e. The first-order valence-corrected chi connectivity index (χ1v) is 13.4. The molecule has 1 amide bonds. The van der Waals surface area contributed by atoms with Gasteiger partial charge < -0.3 is 19.9 Å². The number of nitrogens with zero attached hydrogens (tertiary/aromatic N) is 3. The molecule has 2 aromatic carbocycles. The molecule has 1 unspecified atom stereocenters. The average Bonchev–Trinajstić information content (AvgIpc) is 3.47. The SMILES string of the molecule is COc1ccc([C@@H]2CC2C(=O)Nc2nc3ccc(-c4cnc(CO[C@H]5CCC[C@@H]5O)nc4)cc3s2)cc1. The number of anilines is 1. The highest BCUT2D eigenvalue weighted by molar-refractivity contribution is 7.22. The number of nitrogens with one attached hydrogen (secondary N) is 1. The van der Waals surface area contributed by atoms with Gasteiger partial charge in [0.25, 0.3) is 0 Å². The number of carbonyl (C=O) groups excluding carboxylic acids is 1. The Bertz CT molecular complexity index is 1410. The van der Waals surface area contributed by atoms with Crippen LogP contribution in [0.4, 0.5) is 5.13 Å². The van der Waals surface area contributed by atoms with Crippen molar-refractivity contribution in [3.8, 4) is 16.9 Å². The van der Waals surface area contributed by atoms with Crippen LogP contribution in [0.3, 0.4) is 0 Å². The van der Waals surface area contributed by atoms with E-state index in [1.165, 1.54) is 11.3 Å². The van der Waals surface area contributed by atoms with Gasteiger partial charge in [-0.15, -0.1) is 0 Å². The zero-order valence-corrected chi connectivity index (χ0v) is 21.3. The van der Waals surface area contributed by atoms with E-state index in [0.29, 0.717) is 17.6 Å². The molecule has 0 aliphatic heterocycles. The van der Waals surface area contributed by atoms with E-state index in [4.69, 9.17) is 9.47 Å². The number of fused-ring (bicyclic) bond motifs is 1. The van der Waals surface area contributed by atoms with E-state index in [2.05, 4.69) is 20.3 Å². The number of aliphatic hydroxyl groups is 1. The zero-order valence-electron chi connectivity index (χ0n) is 20.5. The summed E-state index contributed by atoms with van der Waals surface area (Å²) in [6, 6.07) is 13.9. The van der Waals surface area contributed by atoms with Crippen molar-refractivity contribution in [3.05, 3.63) is 66.2 Å². The van der Waals surface area contributed by atoms with Crippen LogP contribution in [0.1, 0.15) is 43.0 Å². The molecule has 2 aliphatic carbocycles. The molecule has 2 N–H and O–H groups in total. The molecular formula is C28H28N4O4S. The standard InChI is InChI=1S/C28H28N4O4S/c1-35-19-8-5-16(6-9-19)20-12-21(20)27(34)32-28-31-22-10-7-17(11-25(22)37-28)18-13-29-26(30-14-18)15-36-24-4-2-3-23(24)33/h5-11,13-14,20-21,23-24,33H,2-4,12,15H2,1H3,(H,31,32,34)/t20-,21?,23-,24-/m0/s1. The Morgan fingerprint density at radius 3 is 2.65 bits per heavy atom. The van der Waals surface area contributed by atoms with Crippen LogP contribution in [-0.4, -0.2) is 45.3 Å². The van der Waals surface area contributed by atoms with E-state index >= 15 is 0 Å². The lowest BCUT2D eigenvalue weighted by Crippen LogP contribution is -2.22. The van der Waals surface area contributed by atoms with Crippen molar-refractivity contribution in [2.24, 2.45) is 5.92 Å². The minimum Gasteiger partial charge on any atom is -0.497 e. The van der Waals surface area contributed by atoms with Crippen LogP contribution in [0.5, 0.6) is 5.75 Å². The predicted octanol–water partition coefficient (Wildman–Crippen LogP) is 4.93. The summed E-state index contributed by atoms with van der Waals surface area (Å²) >= 11 is 1.46. The van der Waals surface area contributed by atoms with Crippen molar-refractivity contribution < 1.29 is 19.4 Å². The first-order valence-electron chi connectivity index (χ1n) is 12.5. The third-order valence-corrected chi connectivity index (χ3v) is 8.11. The molecule has 190 valence electrons. The maximum absolute atomic E-state index is 12.8. The second-order valence-electron chi connectivity index (χ2n) is 9.65. The summed E-state index contributed by atoms with van der Waals surface area (Å²) in [7, 11) is 1.65. The van der Waals surface area contributed by atoms with Crippen LogP contribution >= 0.6 is 11.3 Å². The smallest absolute Gasteiger partial charge is 0.229 e. The molecule has 2 saturated carbocycles. The number of thiazole rings is 1. The molecule has 37 heavy (non-hydrogen) atoms. The Labute approximate surface area is 218 Å². The van der Waals surface area contributed by atoms with Crippen LogP contribution in [0.15, 0.2) is 54.9 Å². The quantitative estimate of drug-likeness (QED) is 0.342. The zero-order chi connectivity index (χ0) is 25.4. The molecule has 0 bridgehead atoms. The number of amides is 1. The number of hydrogen-bond acceptors (Lipinski definition) is 8. The first-order chi connectivity index (χ1) is 18.1. The third kappa shape index (κ3) is 5.20. The van der Waals surface area contributed by atoms with Crippen LogP contribution in [-0.2, 0) is 16.1 Å². The fraction of sp³-hybridized carbons (Fsp3) is 0.357. The monoisotopic (exact) mass is 516 g/mol.